The minimum atomic E-state index is -2.01. The van der Waals surface area contributed by atoms with Gasteiger partial charge in [0.05, 0.1) is 59.7 Å². The Balaban J connectivity index is 1.35. The molecule has 10 atom stereocenters. The number of esters is 1. The standard InChI is InChI=1S/C28H30O12/c1-8-11(29)4-5-16(37-8)39-14-6-12-18-22(28(14,35)10(3)38-12)26(34)20-19(24(18)32)25(33)21-17(23(20)31)9(2)36-13-7-15(30)40-27(13)21/h8-14,16,27,29,32,34-35H,4-7H2,1-3H3/t8-,9-,10-,11-,12+,13-,14+,16-,27+,28-/m0/s1. The van der Waals surface area contributed by atoms with Crippen LogP contribution in [0.3, 0.4) is 0 Å². The van der Waals surface area contributed by atoms with Crippen molar-refractivity contribution < 1.29 is 58.5 Å². The van der Waals surface area contributed by atoms with Gasteiger partial charge in [0.15, 0.2) is 24.0 Å². The lowest BCUT2D eigenvalue weighted by atomic mass is 9.66. The van der Waals surface area contributed by atoms with Gasteiger partial charge in [-0.1, -0.05) is 0 Å². The number of aliphatic hydroxyl groups excluding tert-OH is 1. The molecule has 0 spiro atoms. The van der Waals surface area contributed by atoms with E-state index in [0.29, 0.717) is 12.8 Å². The van der Waals surface area contributed by atoms with Crippen LogP contribution in [0.4, 0.5) is 0 Å². The van der Waals surface area contributed by atoms with Crippen LogP contribution in [0.5, 0.6) is 11.5 Å². The van der Waals surface area contributed by atoms with E-state index < -0.39 is 101 Å². The molecule has 40 heavy (non-hydrogen) atoms. The molecule has 0 amide bonds. The second-order valence-electron chi connectivity index (χ2n) is 11.5. The van der Waals surface area contributed by atoms with E-state index in [1.807, 2.05) is 0 Å². The molecule has 1 aromatic rings. The number of benzene rings is 1. The zero-order chi connectivity index (χ0) is 28.4. The summed E-state index contributed by atoms with van der Waals surface area (Å²) in [5, 5.41) is 45.3. The highest BCUT2D eigenvalue weighted by atomic mass is 16.7. The molecule has 214 valence electrons. The Hall–Kier alpha value is -2.87. The number of Topliss-reactive ketones (excluding diaryl/α,β-unsaturated/α-hetero) is 2. The number of hydrogen-bond acceptors (Lipinski definition) is 12. The Morgan fingerprint density at radius 1 is 0.925 bits per heavy atom. The van der Waals surface area contributed by atoms with Crippen molar-refractivity contribution in [3.05, 3.63) is 33.4 Å². The van der Waals surface area contributed by atoms with Crippen LogP contribution < -0.4 is 0 Å². The van der Waals surface area contributed by atoms with E-state index in [1.165, 1.54) is 0 Å². The number of carbonyl (C=O) groups is 3. The Morgan fingerprint density at radius 3 is 2.35 bits per heavy atom. The maximum atomic E-state index is 13.9. The average Bonchev–Trinajstić information content (AvgIpc) is 3.26. The lowest BCUT2D eigenvalue weighted by Crippen LogP contribution is -2.60. The molecule has 0 radical (unpaired) electrons. The van der Waals surface area contributed by atoms with E-state index >= 15 is 0 Å². The predicted octanol–water partition coefficient (Wildman–Crippen LogP) is 1.20. The van der Waals surface area contributed by atoms with Gasteiger partial charge in [-0.2, -0.15) is 0 Å². The Kier molecular flexibility index (Phi) is 5.58. The fourth-order valence-electron chi connectivity index (χ4n) is 7.31. The van der Waals surface area contributed by atoms with Gasteiger partial charge in [-0.15, -0.1) is 0 Å². The van der Waals surface area contributed by atoms with Gasteiger partial charge in [-0.3, -0.25) is 14.4 Å². The molecule has 4 N–H and O–H groups in total. The number of phenolic OH excluding ortho intramolecular Hbond substituents is 2. The van der Waals surface area contributed by atoms with E-state index in [9.17, 15) is 34.8 Å². The van der Waals surface area contributed by atoms with Gasteiger partial charge in [0.2, 0.25) is 0 Å². The molecule has 1 aromatic carbocycles. The first-order valence-corrected chi connectivity index (χ1v) is 13.6. The Morgan fingerprint density at radius 2 is 1.62 bits per heavy atom. The van der Waals surface area contributed by atoms with Crippen LogP contribution in [0, 0.1) is 0 Å². The summed E-state index contributed by atoms with van der Waals surface area (Å²) in [6, 6.07) is 0. The summed E-state index contributed by atoms with van der Waals surface area (Å²) in [5.74, 6) is -3.30. The monoisotopic (exact) mass is 558 g/mol. The number of fused-ring (bicyclic) bond motifs is 5. The molecule has 12 nitrogen and oxygen atoms in total. The van der Waals surface area contributed by atoms with Crippen LogP contribution in [0.25, 0.3) is 0 Å². The van der Waals surface area contributed by atoms with Crippen molar-refractivity contribution >= 4 is 17.5 Å². The number of ketones is 2. The van der Waals surface area contributed by atoms with E-state index in [-0.39, 0.29) is 35.1 Å². The smallest absolute Gasteiger partial charge is 0.309 e. The molecule has 5 aliphatic heterocycles. The van der Waals surface area contributed by atoms with Gasteiger partial charge in [0, 0.05) is 29.5 Å². The molecule has 8 rings (SSSR count). The van der Waals surface area contributed by atoms with Crippen LogP contribution in [-0.4, -0.2) is 87.0 Å². The first-order valence-electron chi connectivity index (χ1n) is 13.6. The number of ether oxygens (including phenoxy) is 5. The summed E-state index contributed by atoms with van der Waals surface area (Å²) in [4.78, 5) is 39.8. The topological polar surface area (TPSA) is 178 Å². The lowest BCUT2D eigenvalue weighted by molar-refractivity contribution is -0.311. The molecule has 5 heterocycles. The highest BCUT2D eigenvalue weighted by molar-refractivity contribution is 6.30. The fourth-order valence-corrected chi connectivity index (χ4v) is 7.31. The summed E-state index contributed by atoms with van der Waals surface area (Å²) < 4.78 is 29.1. The third-order valence-corrected chi connectivity index (χ3v) is 9.30. The molecule has 12 heteroatoms. The van der Waals surface area contributed by atoms with Crippen LogP contribution in [-0.2, 0) is 34.1 Å². The maximum Gasteiger partial charge on any atom is 0.309 e. The Labute approximate surface area is 228 Å². The normalized spacial score (nSPS) is 41.8. The van der Waals surface area contributed by atoms with Gasteiger partial charge in [-0.05, 0) is 27.2 Å². The molecule has 2 aliphatic carbocycles. The van der Waals surface area contributed by atoms with Crippen molar-refractivity contribution in [1.29, 1.82) is 0 Å². The predicted molar refractivity (Wildman–Crippen MR) is 131 cm³/mol. The number of phenols is 2. The van der Waals surface area contributed by atoms with Gasteiger partial charge < -0.3 is 44.1 Å². The SMILES string of the molecule is C[C@@H]1O[C@H]2CC(=O)O[C@H]2C2=C1C(=O)c1c(O)c3c(c(O)c1C2=O)[C@H]1C[C@@H](O[C@H]2CC[C@H](O)[C@H](C)O2)[C@@]3(O)[C@H](C)O1. The van der Waals surface area contributed by atoms with Crippen molar-refractivity contribution in [2.45, 2.75) is 107 Å². The van der Waals surface area contributed by atoms with Crippen LogP contribution in [0.1, 0.15) is 84.4 Å². The van der Waals surface area contributed by atoms with Gasteiger partial charge in [-0.25, -0.2) is 0 Å². The highest BCUT2D eigenvalue weighted by Gasteiger charge is 2.62. The molecule has 3 fully saturated rings. The molecule has 3 saturated heterocycles. The van der Waals surface area contributed by atoms with Crippen LogP contribution >= 0.6 is 0 Å². The second kappa shape index (κ2) is 8.57. The molecule has 2 bridgehead atoms. The summed E-state index contributed by atoms with van der Waals surface area (Å²) in [7, 11) is 0. The third-order valence-electron chi connectivity index (χ3n) is 9.30. The van der Waals surface area contributed by atoms with Gasteiger partial charge in [0.25, 0.3) is 0 Å². The summed E-state index contributed by atoms with van der Waals surface area (Å²) in [6.45, 7) is 4.88. The zero-order valence-corrected chi connectivity index (χ0v) is 22.1. The fraction of sp³-hybridized carbons (Fsp3) is 0.607. The van der Waals surface area contributed by atoms with Crippen molar-refractivity contribution in [3.63, 3.8) is 0 Å². The van der Waals surface area contributed by atoms with Crippen molar-refractivity contribution in [2.24, 2.45) is 0 Å². The summed E-state index contributed by atoms with van der Waals surface area (Å²) in [6.07, 6.45) is -6.55. The number of aliphatic hydroxyl groups is 2. The summed E-state index contributed by atoms with van der Waals surface area (Å²) >= 11 is 0. The van der Waals surface area contributed by atoms with E-state index in [1.54, 1.807) is 20.8 Å². The largest absolute Gasteiger partial charge is 0.507 e. The maximum absolute atomic E-state index is 13.9. The summed E-state index contributed by atoms with van der Waals surface area (Å²) in [5.41, 5.74) is -3.13. The van der Waals surface area contributed by atoms with Crippen molar-refractivity contribution in [2.75, 3.05) is 0 Å². The third kappa shape index (κ3) is 3.25. The number of hydrogen-bond donors (Lipinski definition) is 4. The number of aromatic hydroxyl groups is 2. The van der Waals surface area contributed by atoms with E-state index in [4.69, 9.17) is 23.7 Å². The van der Waals surface area contributed by atoms with Gasteiger partial charge in [0.1, 0.15) is 23.2 Å². The molecular formula is C28H30O12. The first kappa shape index (κ1) is 26.1. The number of rotatable bonds is 2. The van der Waals surface area contributed by atoms with Crippen LogP contribution in [0.15, 0.2) is 11.1 Å². The van der Waals surface area contributed by atoms with E-state index in [0.717, 1.165) is 0 Å². The van der Waals surface area contributed by atoms with E-state index in [2.05, 4.69) is 0 Å². The molecular weight excluding hydrogens is 528 g/mol. The Bertz CT molecular complexity index is 1400. The quantitative estimate of drug-likeness (QED) is 0.302. The van der Waals surface area contributed by atoms with Gasteiger partial charge >= 0.3 is 5.97 Å². The minimum Gasteiger partial charge on any atom is -0.507 e. The molecule has 0 aromatic heterocycles. The lowest BCUT2D eigenvalue weighted by Gasteiger charge is -2.54. The van der Waals surface area contributed by atoms with Crippen LogP contribution in [0.2, 0.25) is 0 Å². The highest BCUT2D eigenvalue weighted by Crippen LogP contribution is 2.60. The number of carbonyl (C=O) groups excluding carboxylic acids is 3. The molecule has 0 saturated carbocycles. The zero-order valence-electron chi connectivity index (χ0n) is 22.1. The molecule has 0 unspecified atom stereocenters. The van der Waals surface area contributed by atoms with Crippen molar-refractivity contribution in [1.82, 2.24) is 0 Å². The molecule has 7 aliphatic rings. The van der Waals surface area contributed by atoms with Crippen molar-refractivity contribution in [3.8, 4) is 11.5 Å². The average molecular weight is 559 g/mol. The first-order chi connectivity index (χ1) is 18.9. The second-order valence-corrected chi connectivity index (χ2v) is 11.5. The minimum absolute atomic E-state index is 0.00956.